The van der Waals surface area contributed by atoms with Crippen LogP contribution >= 0.6 is 0 Å². The van der Waals surface area contributed by atoms with Crippen molar-refractivity contribution in [3.63, 3.8) is 0 Å². The zero-order chi connectivity index (χ0) is 12.5. The van der Waals surface area contributed by atoms with Crippen LogP contribution in [0.5, 0.6) is 0 Å². The minimum Gasteiger partial charge on any atom is -0.310 e. The number of rotatable bonds is 6. The molecule has 0 amide bonds. The Morgan fingerprint density at radius 3 is 2.65 bits per heavy atom. The number of fused-ring (bicyclic) bond motifs is 2. The standard InChI is InChI=1S/C12H21NO3S/c1-2-17(15,16)7-3-4-12(14)10-8-9-5-6-11(10)13-9/h9-11,13H,2-8H2,1H3. The van der Waals surface area contributed by atoms with Crippen molar-refractivity contribution in [3.8, 4) is 0 Å². The highest BCUT2D eigenvalue weighted by molar-refractivity contribution is 7.91. The maximum Gasteiger partial charge on any atom is 0.150 e. The van der Waals surface area contributed by atoms with Crippen molar-refractivity contribution in [1.29, 1.82) is 0 Å². The van der Waals surface area contributed by atoms with Crippen LogP contribution < -0.4 is 5.32 Å². The first kappa shape index (κ1) is 13.0. The van der Waals surface area contributed by atoms with Crippen molar-refractivity contribution in [1.82, 2.24) is 5.32 Å². The lowest BCUT2D eigenvalue weighted by Gasteiger charge is -2.18. The van der Waals surface area contributed by atoms with E-state index in [0.29, 0.717) is 24.9 Å². The molecule has 0 aliphatic carbocycles. The first-order valence-electron chi connectivity index (χ1n) is 6.51. The van der Waals surface area contributed by atoms with E-state index in [-0.39, 0.29) is 23.2 Å². The number of hydrogen-bond acceptors (Lipinski definition) is 4. The number of hydrogen-bond donors (Lipinski definition) is 1. The van der Waals surface area contributed by atoms with E-state index in [9.17, 15) is 13.2 Å². The summed E-state index contributed by atoms with van der Waals surface area (Å²) in [5, 5.41) is 3.44. The fraction of sp³-hybridized carbons (Fsp3) is 0.917. The van der Waals surface area contributed by atoms with Gasteiger partial charge in [0.1, 0.15) is 15.6 Å². The first-order valence-corrected chi connectivity index (χ1v) is 8.33. The second-order valence-electron chi connectivity index (χ2n) is 5.20. The first-order chi connectivity index (χ1) is 8.02. The fourth-order valence-electron chi connectivity index (χ4n) is 2.98. The van der Waals surface area contributed by atoms with E-state index < -0.39 is 9.84 Å². The maximum absolute atomic E-state index is 12.0. The summed E-state index contributed by atoms with van der Waals surface area (Å²) in [5.41, 5.74) is 0. The zero-order valence-electron chi connectivity index (χ0n) is 10.3. The second kappa shape index (κ2) is 5.06. The van der Waals surface area contributed by atoms with E-state index >= 15 is 0 Å². The SMILES string of the molecule is CCS(=O)(=O)CCCC(=O)C1CC2CCC1N2. The van der Waals surface area contributed by atoms with Crippen molar-refractivity contribution in [2.75, 3.05) is 11.5 Å². The van der Waals surface area contributed by atoms with Gasteiger partial charge in [0.05, 0.1) is 5.75 Å². The molecule has 1 N–H and O–H groups in total. The van der Waals surface area contributed by atoms with Gasteiger partial charge in [0.15, 0.2) is 0 Å². The molecule has 0 aromatic heterocycles. The quantitative estimate of drug-likeness (QED) is 0.770. The lowest BCUT2D eigenvalue weighted by Crippen LogP contribution is -2.28. The molecule has 0 saturated carbocycles. The van der Waals surface area contributed by atoms with Crippen LogP contribution in [0.3, 0.4) is 0 Å². The Balaban J connectivity index is 1.75. The van der Waals surface area contributed by atoms with Gasteiger partial charge in [-0.25, -0.2) is 8.42 Å². The van der Waals surface area contributed by atoms with E-state index in [1.54, 1.807) is 6.92 Å². The highest BCUT2D eigenvalue weighted by Crippen LogP contribution is 2.34. The minimum atomic E-state index is -2.92. The molecule has 2 bridgehead atoms. The molecule has 4 nitrogen and oxygen atoms in total. The second-order valence-corrected chi connectivity index (χ2v) is 7.67. The van der Waals surface area contributed by atoms with Gasteiger partial charge in [0.2, 0.25) is 0 Å². The third-order valence-electron chi connectivity index (χ3n) is 4.03. The van der Waals surface area contributed by atoms with E-state index in [1.165, 1.54) is 6.42 Å². The Bertz CT molecular complexity index is 391. The minimum absolute atomic E-state index is 0.151. The van der Waals surface area contributed by atoms with Crippen LogP contribution in [0.15, 0.2) is 0 Å². The smallest absolute Gasteiger partial charge is 0.150 e. The summed E-state index contributed by atoms with van der Waals surface area (Å²) in [5.74, 6) is 0.745. The average Bonchev–Trinajstić information content (AvgIpc) is 2.90. The van der Waals surface area contributed by atoms with Gasteiger partial charge in [-0.05, 0) is 25.7 Å². The molecule has 2 fully saturated rings. The van der Waals surface area contributed by atoms with Gasteiger partial charge in [-0.3, -0.25) is 4.79 Å². The van der Waals surface area contributed by atoms with Crippen molar-refractivity contribution in [2.45, 2.75) is 51.1 Å². The predicted molar refractivity (Wildman–Crippen MR) is 66.6 cm³/mol. The lowest BCUT2D eigenvalue weighted by molar-refractivity contribution is -0.123. The van der Waals surface area contributed by atoms with Gasteiger partial charge < -0.3 is 5.32 Å². The zero-order valence-corrected chi connectivity index (χ0v) is 11.1. The molecule has 0 spiro atoms. The van der Waals surface area contributed by atoms with Crippen molar-refractivity contribution in [2.24, 2.45) is 5.92 Å². The highest BCUT2D eigenvalue weighted by atomic mass is 32.2. The fourth-order valence-corrected chi connectivity index (χ4v) is 3.85. The number of nitrogens with one attached hydrogen (secondary N) is 1. The van der Waals surface area contributed by atoms with Gasteiger partial charge in [0.25, 0.3) is 0 Å². The monoisotopic (exact) mass is 259 g/mol. The predicted octanol–water partition coefficient (Wildman–Crippen LogP) is 0.911. The molecule has 2 heterocycles. The molecule has 2 aliphatic heterocycles. The molecule has 0 aromatic rings. The van der Waals surface area contributed by atoms with Crippen molar-refractivity contribution >= 4 is 15.6 Å². The molecular formula is C12H21NO3S. The Labute approximate surface area is 103 Å². The number of sulfone groups is 1. The molecule has 2 saturated heterocycles. The van der Waals surface area contributed by atoms with E-state index in [1.807, 2.05) is 0 Å². The Hall–Kier alpha value is -0.420. The maximum atomic E-state index is 12.0. The van der Waals surface area contributed by atoms with Crippen LogP contribution in [0.2, 0.25) is 0 Å². The lowest BCUT2D eigenvalue weighted by atomic mass is 9.85. The summed E-state index contributed by atoms with van der Waals surface area (Å²) in [4.78, 5) is 12.0. The molecule has 2 rings (SSSR count). The molecule has 17 heavy (non-hydrogen) atoms. The van der Waals surface area contributed by atoms with Crippen LogP contribution in [0, 0.1) is 5.92 Å². The van der Waals surface area contributed by atoms with Gasteiger partial charge in [-0.2, -0.15) is 0 Å². The van der Waals surface area contributed by atoms with Crippen LogP contribution in [-0.2, 0) is 14.6 Å². The molecule has 3 atom stereocenters. The van der Waals surface area contributed by atoms with Crippen LogP contribution in [-0.4, -0.2) is 37.8 Å². The summed E-state index contributed by atoms with van der Waals surface area (Å²) in [7, 11) is -2.92. The Morgan fingerprint density at radius 2 is 2.12 bits per heavy atom. The van der Waals surface area contributed by atoms with E-state index in [2.05, 4.69) is 5.32 Å². The van der Waals surface area contributed by atoms with Gasteiger partial charge in [0, 0.05) is 30.2 Å². The summed E-state index contributed by atoms with van der Waals surface area (Å²) in [6.45, 7) is 1.65. The van der Waals surface area contributed by atoms with E-state index in [0.717, 1.165) is 12.8 Å². The summed E-state index contributed by atoms with van der Waals surface area (Å²) < 4.78 is 22.6. The Kier molecular flexibility index (Phi) is 3.88. The van der Waals surface area contributed by atoms with Crippen LogP contribution in [0.25, 0.3) is 0 Å². The molecular weight excluding hydrogens is 238 g/mol. The Morgan fingerprint density at radius 1 is 1.35 bits per heavy atom. The number of Topliss-reactive ketones (excluding diaryl/α,β-unsaturated/α-hetero) is 1. The molecule has 3 unspecified atom stereocenters. The van der Waals surface area contributed by atoms with E-state index in [4.69, 9.17) is 0 Å². The average molecular weight is 259 g/mol. The van der Waals surface area contributed by atoms with Gasteiger partial charge >= 0.3 is 0 Å². The summed E-state index contributed by atoms with van der Waals surface area (Å²) in [6.07, 6.45) is 4.18. The van der Waals surface area contributed by atoms with Crippen molar-refractivity contribution < 1.29 is 13.2 Å². The normalized spacial score (nSPS) is 31.9. The summed E-state index contributed by atoms with van der Waals surface area (Å²) >= 11 is 0. The summed E-state index contributed by atoms with van der Waals surface area (Å²) in [6, 6.07) is 0.906. The van der Waals surface area contributed by atoms with Gasteiger partial charge in [-0.15, -0.1) is 0 Å². The molecule has 98 valence electrons. The third-order valence-corrected chi connectivity index (χ3v) is 5.82. The number of carbonyl (C=O) groups excluding carboxylic acids is 1. The number of ketones is 1. The molecule has 2 aliphatic rings. The molecule has 0 aromatic carbocycles. The third kappa shape index (κ3) is 3.07. The van der Waals surface area contributed by atoms with Gasteiger partial charge in [-0.1, -0.05) is 6.92 Å². The number of carbonyl (C=O) groups is 1. The van der Waals surface area contributed by atoms with Crippen LogP contribution in [0.4, 0.5) is 0 Å². The molecule has 0 radical (unpaired) electrons. The highest BCUT2D eigenvalue weighted by Gasteiger charge is 2.42. The topological polar surface area (TPSA) is 63.2 Å². The largest absolute Gasteiger partial charge is 0.310 e. The van der Waals surface area contributed by atoms with Crippen LogP contribution in [0.1, 0.15) is 39.0 Å². The van der Waals surface area contributed by atoms with Crippen molar-refractivity contribution in [3.05, 3.63) is 0 Å². The molecule has 5 heteroatoms.